The number of hydrogen-bond acceptors (Lipinski definition) is 3. The number of hydrogen-bond donors (Lipinski definition) is 1. The van der Waals surface area contributed by atoms with Crippen molar-refractivity contribution in [3.05, 3.63) is 17.8 Å². The maximum atomic E-state index is 12.7. The highest BCUT2D eigenvalue weighted by atomic mass is 19.3. The Bertz CT molecular complexity index is 343. The van der Waals surface area contributed by atoms with Gasteiger partial charge in [0.15, 0.2) is 0 Å². The molecule has 4 nitrogen and oxygen atoms in total. The number of nitrogens with zero attached hydrogens (tertiary/aromatic N) is 1. The second-order valence-electron chi connectivity index (χ2n) is 3.02. The van der Waals surface area contributed by atoms with Gasteiger partial charge in [-0.05, 0) is 6.92 Å². The van der Waals surface area contributed by atoms with Crippen LogP contribution < -0.4 is 0 Å². The SMILES string of the molecule is CC(C(=O)O)c1nc(C(C)(F)F)co1. The second-order valence-corrected chi connectivity index (χ2v) is 3.02. The van der Waals surface area contributed by atoms with Gasteiger partial charge in [-0.1, -0.05) is 0 Å². The molecule has 0 aliphatic rings. The third kappa shape index (κ3) is 2.07. The van der Waals surface area contributed by atoms with Gasteiger partial charge in [-0.25, -0.2) is 4.98 Å². The molecule has 1 aromatic heterocycles. The summed E-state index contributed by atoms with van der Waals surface area (Å²) >= 11 is 0. The Hall–Kier alpha value is -1.46. The Balaban J connectivity index is 2.94. The smallest absolute Gasteiger partial charge is 0.315 e. The Labute approximate surface area is 78.6 Å². The fourth-order valence-electron chi connectivity index (χ4n) is 0.794. The third-order valence-electron chi connectivity index (χ3n) is 1.71. The van der Waals surface area contributed by atoms with Crippen molar-refractivity contribution in [2.75, 3.05) is 0 Å². The van der Waals surface area contributed by atoms with Crippen molar-refractivity contribution >= 4 is 5.97 Å². The van der Waals surface area contributed by atoms with E-state index in [0.717, 1.165) is 6.26 Å². The molecule has 0 radical (unpaired) electrons. The number of carboxylic acids is 1. The first-order valence-corrected chi connectivity index (χ1v) is 3.89. The van der Waals surface area contributed by atoms with E-state index >= 15 is 0 Å². The highest BCUT2D eigenvalue weighted by Gasteiger charge is 2.30. The normalized spacial score (nSPS) is 14.0. The average Bonchev–Trinajstić information content (AvgIpc) is 2.49. The molecule has 0 aliphatic heterocycles. The summed E-state index contributed by atoms with van der Waals surface area (Å²) in [5.41, 5.74) is -0.555. The first-order valence-electron chi connectivity index (χ1n) is 3.89. The van der Waals surface area contributed by atoms with Crippen LogP contribution in [0.25, 0.3) is 0 Å². The quantitative estimate of drug-likeness (QED) is 0.819. The highest BCUT2D eigenvalue weighted by Crippen LogP contribution is 2.27. The van der Waals surface area contributed by atoms with Gasteiger partial charge in [0.25, 0.3) is 5.92 Å². The first kappa shape index (κ1) is 10.6. The van der Waals surface area contributed by atoms with Crippen LogP contribution in [0.15, 0.2) is 10.7 Å². The van der Waals surface area contributed by atoms with Crippen molar-refractivity contribution in [3.63, 3.8) is 0 Å². The molecule has 1 N–H and O–H groups in total. The minimum Gasteiger partial charge on any atom is -0.481 e. The van der Waals surface area contributed by atoms with Crippen LogP contribution in [-0.4, -0.2) is 16.1 Å². The lowest BCUT2D eigenvalue weighted by Crippen LogP contribution is -2.10. The van der Waals surface area contributed by atoms with E-state index in [4.69, 9.17) is 5.11 Å². The molecule has 0 aromatic carbocycles. The molecule has 78 valence electrons. The topological polar surface area (TPSA) is 63.3 Å². The van der Waals surface area contributed by atoms with Gasteiger partial charge in [0.05, 0.1) is 0 Å². The standard InChI is InChI=1S/C8H9F2NO3/c1-4(7(12)13)6-11-5(3-14-6)8(2,9)10/h3-4H,1-2H3,(H,12,13). The lowest BCUT2D eigenvalue weighted by molar-refractivity contribution is -0.138. The van der Waals surface area contributed by atoms with E-state index in [9.17, 15) is 13.6 Å². The summed E-state index contributed by atoms with van der Waals surface area (Å²) in [6.45, 7) is 1.98. The zero-order valence-corrected chi connectivity index (χ0v) is 7.62. The Kier molecular flexibility index (Phi) is 2.55. The molecule has 1 rings (SSSR count). The summed E-state index contributed by atoms with van der Waals surface area (Å²) < 4.78 is 30.0. The van der Waals surface area contributed by atoms with Gasteiger partial charge < -0.3 is 9.52 Å². The fourth-order valence-corrected chi connectivity index (χ4v) is 0.794. The van der Waals surface area contributed by atoms with Crippen molar-refractivity contribution in [1.82, 2.24) is 4.98 Å². The van der Waals surface area contributed by atoms with E-state index in [2.05, 4.69) is 9.40 Å². The Morgan fingerprint density at radius 3 is 2.64 bits per heavy atom. The molecule has 0 saturated carbocycles. The zero-order chi connectivity index (χ0) is 10.9. The number of carboxylic acid groups (broad SMARTS) is 1. The van der Waals surface area contributed by atoms with E-state index in [1.54, 1.807) is 0 Å². The molecule has 0 spiro atoms. The first-order chi connectivity index (χ1) is 6.32. The third-order valence-corrected chi connectivity index (χ3v) is 1.71. The van der Waals surface area contributed by atoms with Crippen LogP contribution in [-0.2, 0) is 10.7 Å². The van der Waals surface area contributed by atoms with Crippen molar-refractivity contribution < 1.29 is 23.1 Å². The summed E-state index contributed by atoms with van der Waals surface area (Å²) in [5.74, 6) is -5.52. The molecule has 0 aliphatic carbocycles. The van der Waals surface area contributed by atoms with Crippen molar-refractivity contribution in [1.29, 1.82) is 0 Å². The summed E-state index contributed by atoms with van der Waals surface area (Å²) in [4.78, 5) is 13.9. The van der Waals surface area contributed by atoms with Gasteiger partial charge in [0.2, 0.25) is 5.89 Å². The number of oxazole rings is 1. The number of alkyl halides is 2. The summed E-state index contributed by atoms with van der Waals surface area (Å²) in [6, 6.07) is 0. The molecule has 0 amide bonds. The number of halogens is 2. The number of aromatic nitrogens is 1. The largest absolute Gasteiger partial charge is 0.481 e. The predicted molar refractivity (Wildman–Crippen MR) is 42.1 cm³/mol. The van der Waals surface area contributed by atoms with Crippen LogP contribution in [0.5, 0.6) is 0 Å². The molecular formula is C8H9F2NO3. The second kappa shape index (κ2) is 3.36. The maximum absolute atomic E-state index is 12.7. The van der Waals surface area contributed by atoms with E-state index in [1.807, 2.05) is 0 Å². The van der Waals surface area contributed by atoms with Crippen LogP contribution in [0.4, 0.5) is 8.78 Å². The highest BCUT2D eigenvalue weighted by molar-refractivity contribution is 5.73. The summed E-state index contributed by atoms with van der Waals surface area (Å²) in [7, 11) is 0. The molecule has 1 atom stereocenters. The van der Waals surface area contributed by atoms with Crippen LogP contribution in [0.2, 0.25) is 0 Å². The van der Waals surface area contributed by atoms with Crippen LogP contribution in [0.1, 0.15) is 31.4 Å². The number of aliphatic carboxylic acids is 1. The lowest BCUT2D eigenvalue weighted by atomic mass is 10.2. The van der Waals surface area contributed by atoms with Crippen molar-refractivity contribution in [2.45, 2.75) is 25.7 Å². The van der Waals surface area contributed by atoms with E-state index in [-0.39, 0.29) is 5.89 Å². The molecule has 0 bridgehead atoms. The molecule has 1 unspecified atom stereocenters. The van der Waals surface area contributed by atoms with E-state index < -0.39 is 23.5 Å². The minimum absolute atomic E-state index is 0.214. The van der Waals surface area contributed by atoms with Gasteiger partial charge in [-0.2, -0.15) is 8.78 Å². The van der Waals surface area contributed by atoms with Gasteiger partial charge in [-0.15, -0.1) is 0 Å². The monoisotopic (exact) mass is 205 g/mol. The van der Waals surface area contributed by atoms with Gasteiger partial charge in [0.1, 0.15) is 17.9 Å². The van der Waals surface area contributed by atoms with Gasteiger partial charge in [-0.3, -0.25) is 4.79 Å². The molecule has 14 heavy (non-hydrogen) atoms. The van der Waals surface area contributed by atoms with Crippen LogP contribution in [0, 0.1) is 0 Å². The van der Waals surface area contributed by atoms with E-state index in [0.29, 0.717) is 6.92 Å². The molecule has 0 fully saturated rings. The predicted octanol–water partition coefficient (Wildman–Crippen LogP) is 1.97. The fraction of sp³-hybridized carbons (Fsp3) is 0.500. The minimum atomic E-state index is -3.11. The van der Waals surface area contributed by atoms with Crippen molar-refractivity contribution in [3.8, 4) is 0 Å². The number of rotatable bonds is 3. The summed E-state index contributed by atoms with van der Waals surface area (Å²) in [6.07, 6.45) is 0.773. The van der Waals surface area contributed by atoms with E-state index in [1.165, 1.54) is 6.92 Å². The lowest BCUT2D eigenvalue weighted by Gasteiger charge is -2.03. The Morgan fingerprint density at radius 2 is 2.29 bits per heavy atom. The zero-order valence-electron chi connectivity index (χ0n) is 7.62. The van der Waals surface area contributed by atoms with Gasteiger partial charge in [0, 0.05) is 6.92 Å². The van der Waals surface area contributed by atoms with Crippen LogP contribution >= 0.6 is 0 Å². The molecule has 6 heteroatoms. The molecular weight excluding hydrogens is 196 g/mol. The van der Waals surface area contributed by atoms with Crippen molar-refractivity contribution in [2.24, 2.45) is 0 Å². The molecule has 0 saturated heterocycles. The number of carbonyl (C=O) groups is 1. The summed E-state index contributed by atoms with van der Waals surface area (Å²) in [5, 5.41) is 8.56. The maximum Gasteiger partial charge on any atom is 0.315 e. The average molecular weight is 205 g/mol. The van der Waals surface area contributed by atoms with Gasteiger partial charge >= 0.3 is 5.97 Å². The molecule has 1 heterocycles. The molecule has 1 aromatic rings. The van der Waals surface area contributed by atoms with Crippen LogP contribution in [0.3, 0.4) is 0 Å². The Morgan fingerprint density at radius 1 is 1.71 bits per heavy atom.